The van der Waals surface area contributed by atoms with Gasteiger partial charge in [0.1, 0.15) is 0 Å². The van der Waals surface area contributed by atoms with Crippen LogP contribution in [0.5, 0.6) is 0 Å². The van der Waals surface area contributed by atoms with Gasteiger partial charge < -0.3 is 5.32 Å². The van der Waals surface area contributed by atoms with E-state index in [1.54, 1.807) is 6.07 Å². The number of benzene rings is 2. The van der Waals surface area contributed by atoms with Crippen LogP contribution >= 0.6 is 39.1 Å². The van der Waals surface area contributed by atoms with Crippen molar-refractivity contribution in [2.45, 2.75) is 13.5 Å². The van der Waals surface area contributed by atoms with Gasteiger partial charge in [-0.15, -0.1) is 0 Å². The van der Waals surface area contributed by atoms with Crippen LogP contribution in [0.15, 0.2) is 40.9 Å². The molecule has 0 amide bonds. The Bertz CT molecular complexity index is 518. The summed E-state index contributed by atoms with van der Waals surface area (Å²) in [5.41, 5.74) is 3.22. The average molecular weight is 345 g/mol. The third-order valence-electron chi connectivity index (χ3n) is 2.69. The van der Waals surface area contributed by atoms with Crippen LogP contribution in [0, 0.1) is 6.92 Å². The van der Waals surface area contributed by atoms with Crippen LogP contribution in [0.2, 0.25) is 10.0 Å². The highest BCUT2D eigenvalue weighted by Crippen LogP contribution is 2.29. The lowest BCUT2D eigenvalue weighted by molar-refractivity contribution is 1.14. The lowest BCUT2D eigenvalue weighted by Gasteiger charge is -2.11. The Balaban J connectivity index is 2.17. The number of nitrogens with one attached hydrogen (secondary N) is 1. The quantitative estimate of drug-likeness (QED) is 0.755. The second-order valence-corrected chi connectivity index (χ2v) is 5.58. The minimum absolute atomic E-state index is 0.583. The van der Waals surface area contributed by atoms with Crippen molar-refractivity contribution < 1.29 is 0 Å². The standard InChI is InChI=1S/C14H12BrCl2N/c1-9-4-2-7-12(13(9)15)18-8-10-5-3-6-11(16)14(10)17/h2-7,18H,8H2,1H3. The second kappa shape index (κ2) is 5.96. The van der Waals surface area contributed by atoms with Gasteiger partial charge in [-0.1, -0.05) is 47.5 Å². The molecule has 0 radical (unpaired) electrons. The number of hydrogen-bond acceptors (Lipinski definition) is 1. The molecule has 2 aromatic carbocycles. The molecule has 0 saturated carbocycles. The summed E-state index contributed by atoms with van der Waals surface area (Å²) in [4.78, 5) is 0. The van der Waals surface area contributed by atoms with Gasteiger partial charge in [0.25, 0.3) is 0 Å². The minimum Gasteiger partial charge on any atom is -0.380 e. The Labute approximate surface area is 125 Å². The Morgan fingerprint density at radius 3 is 2.61 bits per heavy atom. The molecule has 0 saturated heterocycles. The van der Waals surface area contributed by atoms with Crippen LogP contribution in [-0.2, 0) is 6.54 Å². The molecular formula is C14H12BrCl2N. The van der Waals surface area contributed by atoms with Crippen LogP contribution < -0.4 is 5.32 Å². The molecular weight excluding hydrogens is 333 g/mol. The zero-order valence-corrected chi connectivity index (χ0v) is 12.9. The molecule has 0 spiro atoms. The zero-order chi connectivity index (χ0) is 13.1. The van der Waals surface area contributed by atoms with Crippen molar-refractivity contribution in [2.75, 3.05) is 5.32 Å². The molecule has 0 unspecified atom stereocenters. The molecule has 1 N–H and O–H groups in total. The number of halogens is 3. The van der Waals surface area contributed by atoms with Crippen molar-refractivity contribution in [1.29, 1.82) is 0 Å². The van der Waals surface area contributed by atoms with Crippen LogP contribution in [0.3, 0.4) is 0 Å². The van der Waals surface area contributed by atoms with Gasteiger partial charge >= 0.3 is 0 Å². The maximum atomic E-state index is 6.15. The van der Waals surface area contributed by atoms with Crippen molar-refractivity contribution in [3.05, 3.63) is 62.0 Å². The van der Waals surface area contributed by atoms with Gasteiger partial charge in [0.15, 0.2) is 0 Å². The van der Waals surface area contributed by atoms with Gasteiger partial charge in [-0.3, -0.25) is 0 Å². The van der Waals surface area contributed by atoms with E-state index in [1.807, 2.05) is 24.3 Å². The summed E-state index contributed by atoms with van der Waals surface area (Å²) < 4.78 is 1.07. The van der Waals surface area contributed by atoms with Gasteiger partial charge in [-0.25, -0.2) is 0 Å². The van der Waals surface area contributed by atoms with E-state index in [1.165, 1.54) is 5.56 Å². The van der Waals surface area contributed by atoms with Crippen molar-refractivity contribution in [3.8, 4) is 0 Å². The molecule has 0 atom stereocenters. The Morgan fingerprint density at radius 1 is 1.11 bits per heavy atom. The van der Waals surface area contributed by atoms with Crippen molar-refractivity contribution in [1.82, 2.24) is 0 Å². The second-order valence-electron chi connectivity index (χ2n) is 4.00. The van der Waals surface area contributed by atoms with E-state index in [4.69, 9.17) is 23.2 Å². The van der Waals surface area contributed by atoms with Crippen molar-refractivity contribution in [3.63, 3.8) is 0 Å². The molecule has 0 aliphatic carbocycles. The molecule has 94 valence electrons. The van der Waals surface area contributed by atoms with E-state index >= 15 is 0 Å². The summed E-state index contributed by atoms with van der Waals surface area (Å²) in [7, 11) is 0. The first-order chi connectivity index (χ1) is 8.59. The van der Waals surface area contributed by atoms with E-state index in [0.29, 0.717) is 16.6 Å². The highest BCUT2D eigenvalue weighted by atomic mass is 79.9. The maximum Gasteiger partial charge on any atom is 0.0642 e. The lowest BCUT2D eigenvalue weighted by atomic mass is 10.2. The predicted molar refractivity (Wildman–Crippen MR) is 82.7 cm³/mol. The normalized spacial score (nSPS) is 10.4. The Kier molecular flexibility index (Phi) is 4.55. The van der Waals surface area contributed by atoms with E-state index in [0.717, 1.165) is 15.7 Å². The fourth-order valence-electron chi connectivity index (χ4n) is 1.66. The lowest BCUT2D eigenvalue weighted by Crippen LogP contribution is -2.01. The van der Waals surface area contributed by atoms with Crippen LogP contribution in [-0.4, -0.2) is 0 Å². The highest BCUT2D eigenvalue weighted by molar-refractivity contribution is 9.10. The number of anilines is 1. The van der Waals surface area contributed by atoms with E-state index in [9.17, 15) is 0 Å². The first-order valence-corrected chi connectivity index (χ1v) is 7.06. The third-order valence-corrected chi connectivity index (χ3v) is 4.60. The number of hydrogen-bond donors (Lipinski definition) is 1. The maximum absolute atomic E-state index is 6.15. The summed E-state index contributed by atoms with van der Waals surface area (Å²) in [5, 5.41) is 4.54. The first kappa shape index (κ1) is 13.7. The molecule has 2 aromatic rings. The highest BCUT2D eigenvalue weighted by Gasteiger charge is 2.06. The van der Waals surface area contributed by atoms with Crippen LogP contribution in [0.1, 0.15) is 11.1 Å². The number of rotatable bonds is 3. The predicted octanol–water partition coefficient (Wildman–Crippen LogP) is 5.68. The van der Waals surface area contributed by atoms with Gasteiger partial charge in [-0.05, 0) is 46.1 Å². The van der Waals surface area contributed by atoms with E-state index in [-0.39, 0.29) is 0 Å². The van der Waals surface area contributed by atoms with Gasteiger partial charge in [0, 0.05) is 16.7 Å². The van der Waals surface area contributed by atoms with Crippen molar-refractivity contribution >= 4 is 44.8 Å². The van der Waals surface area contributed by atoms with E-state index < -0.39 is 0 Å². The molecule has 1 nitrogen and oxygen atoms in total. The topological polar surface area (TPSA) is 12.0 Å². The summed E-state index contributed by atoms with van der Waals surface area (Å²) in [6.45, 7) is 2.70. The SMILES string of the molecule is Cc1cccc(NCc2cccc(Cl)c2Cl)c1Br. The molecule has 0 heterocycles. The Morgan fingerprint density at radius 2 is 1.83 bits per heavy atom. The largest absolute Gasteiger partial charge is 0.380 e. The smallest absolute Gasteiger partial charge is 0.0642 e. The molecule has 18 heavy (non-hydrogen) atoms. The summed E-state index contributed by atoms with van der Waals surface area (Å²) in [6, 6.07) is 11.7. The molecule has 2 rings (SSSR count). The number of aryl methyl sites for hydroxylation is 1. The minimum atomic E-state index is 0.583. The fraction of sp³-hybridized carbons (Fsp3) is 0.143. The zero-order valence-electron chi connectivity index (χ0n) is 9.81. The molecule has 0 aliphatic rings. The van der Waals surface area contributed by atoms with Gasteiger partial charge in [0.2, 0.25) is 0 Å². The van der Waals surface area contributed by atoms with Gasteiger partial charge in [-0.2, -0.15) is 0 Å². The molecule has 0 fully saturated rings. The molecule has 0 aliphatic heterocycles. The monoisotopic (exact) mass is 343 g/mol. The summed E-state index contributed by atoms with van der Waals surface area (Å²) in [6.07, 6.45) is 0. The molecule has 0 aromatic heterocycles. The van der Waals surface area contributed by atoms with E-state index in [2.05, 4.69) is 34.2 Å². The molecule has 4 heteroatoms. The van der Waals surface area contributed by atoms with Crippen molar-refractivity contribution in [2.24, 2.45) is 0 Å². The molecule has 0 bridgehead atoms. The van der Waals surface area contributed by atoms with Crippen LogP contribution in [0.4, 0.5) is 5.69 Å². The Hall–Kier alpha value is -0.700. The summed E-state index contributed by atoms with van der Waals surface area (Å²) >= 11 is 15.7. The van der Waals surface area contributed by atoms with Gasteiger partial charge in [0.05, 0.1) is 10.0 Å². The first-order valence-electron chi connectivity index (χ1n) is 5.51. The summed E-state index contributed by atoms with van der Waals surface area (Å²) in [5.74, 6) is 0. The fourth-order valence-corrected chi connectivity index (χ4v) is 2.45. The van der Waals surface area contributed by atoms with Crippen LogP contribution in [0.25, 0.3) is 0 Å². The average Bonchev–Trinajstić information content (AvgIpc) is 2.36. The third kappa shape index (κ3) is 3.00.